The molecule has 14 rings (SSSR count). The number of benzene rings is 10. The molecule has 10 aromatic rings. The molecule has 0 bridgehead atoms. The van der Waals surface area contributed by atoms with E-state index in [1.54, 1.807) is 0 Å². The summed E-state index contributed by atoms with van der Waals surface area (Å²) in [6, 6.07) is 9.65. The maximum absolute atomic E-state index is 15.1. The van der Waals surface area contributed by atoms with Gasteiger partial charge < -0.3 is 200 Å². The predicted octanol–water partition coefficient (Wildman–Crippen LogP) is 6.74. The van der Waals surface area contributed by atoms with E-state index in [4.69, 9.17) is 71.7 Å². The summed E-state index contributed by atoms with van der Waals surface area (Å²) in [6.45, 7) is -1.51. The van der Waals surface area contributed by atoms with Gasteiger partial charge in [-0.15, -0.1) is 0 Å². The zero-order chi connectivity index (χ0) is 95.7. The number of hydrogen-bond acceptors (Lipinski definition) is 48. The van der Waals surface area contributed by atoms with Crippen molar-refractivity contribution in [1.82, 2.24) is 0 Å². The SMILES string of the molecule is Cc1cc(OC(=O)CC2OC(OCc3cc(O)c(O)c(Oc4c(COC5OC6CCOOc7cc(O)c(O)c(O)c7-c7c(cc(O)c(O)c7O)OOCC6C6OC(=O)c7cc(O)c(O)c(O)c7-c7c(cc(O)c(O)c7O)C(=O)OC56)cc(O)c(O)c4O)c3)C(OC(=O)c3cc(O)c(O)c(O)c3)C(OC(=O)c3cc(O)c(O)c(O)c3)C2C(=O)Oc2cc(O)c(O)c(O)c2)cc(C)c1O. The normalized spacial score (nSPS) is 19.4. The summed E-state index contributed by atoms with van der Waals surface area (Å²) in [7, 11) is 0. The zero-order valence-electron chi connectivity index (χ0n) is 66.8. The molecule has 4 aliphatic rings. The first-order chi connectivity index (χ1) is 62.4. The number of carbonyl (C=O) groups excluding carboxylic acids is 6. The van der Waals surface area contributed by atoms with Crippen molar-refractivity contribution in [2.24, 2.45) is 11.8 Å². The third-order valence-corrected chi connectivity index (χ3v) is 21.0. The molecule has 4 aliphatic heterocycles. The lowest BCUT2D eigenvalue weighted by Crippen LogP contribution is -2.61. The molecule has 10 unspecified atom stereocenters. The van der Waals surface area contributed by atoms with Crippen LogP contribution < -0.4 is 24.0 Å². The van der Waals surface area contributed by atoms with E-state index in [9.17, 15) is 152 Å². The van der Waals surface area contributed by atoms with Crippen molar-refractivity contribution in [2.75, 3.05) is 13.2 Å². The fourth-order valence-electron chi connectivity index (χ4n) is 14.5. The van der Waals surface area contributed by atoms with Gasteiger partial charge in [0.15, 0.2) is 163 Å². The molecule has 0 spiro atoms. The summed E-state index contributed by atoms with van der Waals surface area (Å²) in [4.78, 5) is 111. The number of esters is 6. The minimum Gasteiger partial charge on any atom is -0.507 e. The van der Waals surface area contributed by atoms with Crippen LogP contribution in [-0.4, -0.2) is 236 Å². The highest BCUT2D eigenvalue weighted by atomic mass is 17.2. The molecular weight excluding hydrogens is 1780 g/mol. The highest BCUT2D eigenvalue weighted by Gasteiger charge is 2.57. The minimum absolute atomic E-state index is 0.153. The van der Waals surface area contributed by atoms with Crippen molar-refractivity contribution in [3.05, 3.63) is 136 Å². The highest BCUT2D eigenvalue weighted by molar-refractivity contribution is 6.09. The van der Waals surface area contributed by atoms with Gasteiger partial charge in [0.2, 0.25) is 46.0 Å². The predicted molar refractivity (Wildman–Crippen MR) is 421 cm³/mol. The van der Waals surface area contributed by atoms with Gasteiger partial charge >= 0.3 is 35.8 Å². The Morgan fingerprint density at radius 1 is 0.394 bits per heavy atom. The van der Waals surface area contributed by atoms with E-state index in [2.05, 4.69) is 0 Å². The van der Waals surface area contributed by atoms with Gasteiger partial charge in [0, 0.05) is 47.4 Å². The molecule has 0 radical (unpaired) electrons. The first-order valence-corrected chi connectivity index (χ1v) is 38.0. The van der Waals surface area contributed by atoms with Gasteiger partial charge in [0.1, 0.15) is 29.8 Å². The van der Waals surface area contributed by atoms with Crippen LogP contribution in [0.3, 0.4) is 0 Å². The lowest BCUT2D eigenvalue weighted by Gasteiger charge is -2.45. The molecule has 0 amide bonds. The second-order valence-corrected chi connectivity index (χ2v) is 29.6. The van der Waals surface area contributed by atoms with Crippen LogP contribution in [-0.2, 0) is 70.5 Å². The van der Waals surface area contributed by atoms with E-state index in [0.717, 1.165) is 6.07 Å². The molecule has 0 aromatic heterocycles. The largest absolute Gasteiger partial charge is 0.507 e. The van der Waals surface area contributed by atoms with Crippen molar-refractivity contribution in [3.63, 3.8) is 0 Å². The molecule has 10 atom stereocenters. The lowest BCUT2D eigenvalue weighted by atomic mass is 9.86. The molecule has 2 fully saturated rings. The van der Waals surface area contributed by atoms with Gasteiger partial charge in [-0.25, -0.2) is 19.2 Å². The molecule has 48 heteroatoms. The Kier molecular flexibility index (Phi) is 24.5. The van der Waals surface area contributed by atoms with Gasteiger partial charge in [-0.1, -0.05) is 0 Å². The van der Waals surface area contributed by atoms with E-state index in [1.807, 2.05) is 0 Å². The molecular formula is C84H70O48. The first-order valence-electron chi connectivity index (χ1n) is 38.0. The van der Waals surface area contributed by atoms with E-state index in [0.29, 0.717) is 72.8 Å². The Morgan fingerprint density at radius 2 is 0.826 bits per heavy atom. The molecule has 0 saturated carbocycles. The summed E-state index contributed by atoms with van der Waals surface area (Å²) < 4.78 is 66.2. The van der Waals surface area contributed by atoms with Crippen molar-refractivity contribution in [1.29, 1.82) is 0 Å². The molecule has 10 aromatic carbocycles. The van der Waals surface area contributed by atoms with E-state index < -0.39 is 370 Å². The molecule has 4 heterocycles. The number of aryl methyl sites for hydroxylation is 2. The second-order valence-electron chi connectivity index (χ2n) is 29.6. The summed E-state index contributed by atoms with van der Waals surface area (Å²) >= 11 is 0. The van der Waals surface area contributed by atoms with Crippen molar-refractivity contribution >= 4 is 35.8 Å². The molecule has 694 valence electrons. The molecule has 48 nitrogen and oxygen atoms in total. The quantitative estimate of drug-likeness (QED) is 0.0147. The maximum atomic E-state index is 15.1. The van der Waals surface area contributed by atoms with Crippen LogP contribution in [0.25, 0.3) is 22.3 Å². The lowest BCUT2D eigenvalue weighted by molar-refractivity contribution is -0.313. The van der Waals surface area contributed by atoms with Gasteiger partial charge in [-0.05, 0) is 97.3 Å². The third-order valence-electron chi connectivity index (χ3n) is 21.0. The minimum atomic E-state index is -2.64. The van der Waals surface area contributed by atoms with Crippen LogP contribution >= 0.6 is 0 Å². The van der Waals surface area contributed by atoms with Crippen LogP contribution in [0.2, 0.25) is 0 Å². The number of aromatic hydroxyl groups is 27. The smallest absolute Gasteiger partial charge is 0.339 e. The maximum Gasteiger partial charge on any atom is 0.339 e. The van der Waals surface area contributed by atoms with Crippen LogP contribution in [0.15, 0.2) is 91.0 Å². The van der Waals surface area contributed by atoms with Crippen LogP contribution in [0.4, 0.5) is 0 Å². The topological polar surface area (TPSA) is 787 Å². The Morgan fingerprint density at radius 3 is 1.35 bits per heavy atom. The van der Waals surface area contributed by atoms with E-state index >= 15 is 14.4 Å². The number of fused-ring (bicyclic) bond motifs is 9. The van der Waals surface area contributed by atoms with Crippen LogP contribution in [0, 0.1) is 25.7 Å². The number of phenolic OH excluding ortho intramolecular Hbond substituents is 27. The zero-order valence-corrected chi connectivity index (χ0v) is 66.8. The Labute approximate surface area is 733 Å². The van der Waals surface area contributed by atoms with E-state index in [-0.39, 0.29) is 22.6 Å². The first kappa shape index (κ1) is 91.0. The Bertz CT molecular complexity index is 6310. The molecule has 2 saturated heterocycles. The summed E-state index contributed by atoms with van der Waals surface area (Å²) in [5, 5.41) is 295. The van der Waals surface area contributed by atoms with Gasteiger partial charge in [0.05, 0.1) is 77.7 Å². The Hall–Kier alpha value is -17.2. The fourth-order valence-corrected chi connectivity index (χ4v) is 14.5. The van der Waals surface area contributed by atoms with Crippen molar-refractivity contribution < 1.29 is 238 Å². The van der Waals surface area contributed by atoms with Crippen molar-refractivity contribution in [3.8, 4) is 212 Å². The average molecular weight is 1850 g/mol. The summed E-state index contributed by atoms with van der Waals surface area (Å²) in [5.74, 6) is -52.7. The average Bonchev–Trinajstić information content (AvgIpc) is 0.804. The standard InChI is InChI=1S/C84H70O48/c1-24-5-30(6-25(2)58(24)98)122-52(97)20-48-57(82(117)123-31-14-41(91)61(101)42(92)15-31)75(128-78(113)27-9-36(86)59(99)37(87)10-27)77(129-79(114)28-11-38(88)60(100)39(89)12-28)84(126-48)118-21-26-7-35(85)62(102)51(8-26)124-73-29(13-40(90)67(107)72(73)112)22-119-83-76-74(127-80(115)32-16-43(93)63(103)68(108)53(32)54-33(81(116)130-76)17-44(94)64(104)69(54)109)34-23-121-132-50-19-46(96)66(106)71(111)56(50)55-49(18-45(95)65(105)70(55)110)131-120-4-3-47(34)125-83/h5-19,34,47-48,57,74-77,83-96,98-112H,3-4,20-23H2,1-2H3. The molecule has 27 N–H and O–H groups in total. The summed E-state index contributed by atoms with van der Waals surface area (Å²) in [5.41, 5.74) is -8.81. The molecule has 0 aliphatic carbocycles. The number of phenols is 27. The number of carbonyl (C=O) groups is 6. The summed E-state index contributed by atoms with van der Waals surface area (Å²) in [6.07, 6.45) is -20.8. The second kappa shape index (κ2) is 35.5. The van der Waals surface area contributed by atoms with Gasteiger partial charge in [-0.2, -0.15) is 9.78 Å². The van der Waals surface area contributed by atoms with Gasteiger partial charge in [-0.3, -0.25) is 9.59 Å². The Balaban J connectivity index is 0.847. The third kappa shape index (κ3) is 17.3. The van der Waals surface area contributed by atoms with E-state index in [1.165, 1.54) is 26.0 Å². The van der Waals surface area contributed by atoms with Crippen molar-refractivity contribution in [2.45, 2.75) is 89.1 Å². The number of hydrogen-bond donors (Lipinski definition) is 27. The fraction of sp³-hybridized carbons (Fsp3) is 0.214. The molecule has 132 heavy (non-hydrogen) atoms. The van der Waals surface area contributed by atoms with Crippen LogP contribution in [0.5, 0.6) is 190 Å². The van der Waals surface area contributed by atoms with Crippen LogP contribution in [0.1, 0.15) is 76.5 Å². The highest BCUT2D eigenvalue weighted by Crippen LogP contribution is 2.60. The monoisotopic (exact) mass is 1850 g/mol. The number of ether oxygens (including phenoxy) is 11. The van der Waals surface area contributed by atoms with Gasteiger partial charge in [0.25, 0.3) is 0 Å². The number of rotatable bonds is 17.